The number of carboxylic acid groups (broad SMARTS) is 1. The first-order valence-corrected chi connectivity index (χ1v) is 8.48. The predicted octanol–water partition coefficient (Wildman–Crippen LogP) is 3.78. The number of para-hydroxylation sites is 1. The maximum Gasteiger partial charge on any atom is 0.341 e. The van der Waals surface area contributed by atoms with Crippen LogP contribution in [-0.4, -0.2) is 26.4 Å². The van der Waals surface area contributed by atoms with Crippen molar-refractivity contribution in [2.45, 2.75) is 31.4 Å². The van der Waals surface area contributed by atoms with Crippen LogP contribution in [0.25, 0.3) is 0 Å². The Kier molecular flexibility index (Phi) is 6.36. The van der Waals surface area contributed by atoms with Crippen molar-refractivity contribution in [2.24, 2.45) is 0 Å². The monoisotopic (exact) mass is 369 g/mol. The van der Waals surface area contributed by atoms with E-state index in [4.69, 9.17) is 4.74 Å². The van der Waals surface area contributed by atoms with Gasteiger partial charge in [0, 0.05) is 6.20 Å². The first-order chi connectivity index (χ1) is 12.8. The molecule has 0 aliphatic rings. The third-order valence-electron chi connectivity index (χ3n) is 4.43. The molecule has 0 aliphatic carbocycles. The van der Waals surface area contributed by atoms with Gasteiger partial charge in [-0.15, -0.1) is 13.2 Å². The first kappa shape index (κ1) is 20.2. The highest BCUT2D eigenvalue weighted by Gasteiger charge is 2.33. The van der Waals surface area contributed by atoms with Crippen LogP contribution < -0.4 is 10.2 Å². The summed E-state index contributed by atoms with van der Waals surface area (Å²) in [7, 11) is 0. The van der Waals surface area contributed by atoms with Gasteiger partial charge in [0.05, 0.1) is 17.8 Å². The second kappa shape index (κ2) is 8.51. The van der Waals surface area contributed by atoms with E-state index in [-0.39, 0.29) is 18.6 Å². The van der Waals surface area contributed by atoms with Crippen LogP contribution in [0.4, 0.5) is 0 Å². The van der Waals surface area contributed by atoms with E-state index in [1.54, 1.807) is 49.4 Å². The molecule has 0 radical (unpaired) electrons. The number of benzene rings is 1. The lowest BCUT2D eigenvalue weighted by molar-refractivity contribution is -0.00109. The van der Waals surface area contributed by atoms with Crippen LogP contribution >= 0.6 is 0 Å². The maximum absolute atomic E-state index is 12.5. The Balaban J connectivity index is 2.56. The van der Waals surface area contributed by atoms with Gasteiger partial charge in [0.15, 0.2) is 5.75 Å². The van der Waals surface area contributed by atoms with E-state index in [2.05, 4.69) is 13.2 Å². The summed E-state index contributed by atoms with van der Waals surface area (Å²) in [5.74, 6) is -1.09. The van der Waals surface area contributed by atoms with Crippen LogP contribution in [0.1, 0.15) is 36.2 Å². The molecule has 1 aromatic heterocycles. The molecule has 0 fully saturated rings. The Morgan fingerprint density at radius 2 is 1.81 bits per heavy atom. The minimum absolute atomic E-state index is 0.132. The normalized spacial score (nSPS) is 12.2. The van der Waals surface area contributed by atoms with E-state index >= 15 is 0 Å². The Morgan fingerprint density at radius 1 is 1.22 bits per heavy atom. The van der Waals surface area contributed by atoms with Gasteiger partial charge < -0.3 is 19.5 Å². The van der Waals surface area contributed by atoms with Crippen molar-refractivity contribution in [1.82, 2.24) is 4.57 Å². The summed E-state index contributed by atoms with van der Waals surface area (Å²) in [5.41, 5.74) is -2.40. The molecule has 0 spiro atoms. The highest BCUT2D eigenvalue weighted by atomic mass is 16.5. The average Bonchev–Trinajstić information content (AvgIpc) is 2.63. The number of hydrogen-bond donors (Lipinski definition) is 2. The van der Waals surface area contributed by atoms with E-state index in [1.807, 2.05) is 0 Å². The van der Waals surface area contributed by atoms with Crippen LogP contribution in [0.3, 0.4) is 0 Å². The van der Waals surface area contributed by atoms with E-state index < -0.39 is 28.6 Å². The summed E-state index contributed by atoms with van der Waals surface area (Å²) < 4.78 is 7.09. The van der Waals surface area contributed by atoms with Gasteiger partial charge in [-0.25, -0.2) is 4.79 Å². The van der Waals surface area contributed by atoms with Crippen molar-refractivity contribution < 1.29 is 19.7 Å². The lowest BCUT2D eigenvalue weighted by Crippen LogP contribution is -2.38. The number of aliphatic hydroxyl groups is 1. The summed E-state index contributed by atoms with van der Waals surface area (Å²) in [6.45, 7) is 9.06. The third kappa shape index (κ3) is 4.54. The van der Waals surface area contributed by atoms with Gasteiger partial charge in [0.25, 0.3) is 0 Å². The number of nitrogens with zero attached hydrogens (tertiary/aromatic N) is 1. The molecule has 0 bridgehead atoms. The minimum Gasteiger partial charge on any atom is -0.477 e. The Hall–Kier alpha value is -3.12. The van der Waals surface area contributed by atoms with Crippen LogP contribution in [-0.2, 0) is 0 Å². The largest absolute Gasteiger partial charge is 0.477 e. The fourth-order valence-electron chi connectivity index (χ4n) is 2.84. The zero-order valence-electron chi connectivity index (χ0n) is 15.2. The number of carboxylic acids is 1. The van der Waals surface area contributed by atoms with Crippen molar-refractivity contribution in [3.63, 3.8) is 0 Å². The van der Waals surface area contributed by atoms with Crippen molar-refractivity contribution in [3.8, 4) is 11.5 Å². The van der Waals surface area contributed by atoms with Crippen LogP contribution in [0.2, 0.25) is 0 Å². The van der Waals surface area contributed by atoms with E-state index in [0.29, 0.717) is 5.75 Å². The standard InChI is InChI=1S/C21H23NO5/c1-4-11-21(26,12-5-2)15(3)22-13-17(20(24)25)19(23)18(14-22)27-16-9-7-6-8-10-16/h4-10,13-15,26H,1-2,11-12H2,3H3,(H,24,25). The minimum atomic E-state index is -1.37. The van der Waals surface area contributed by atoms with Gasteiger partial charge in [-0.2, -0.15) is 0 Å². The Labute approximate surface area is 157 Å². The highest BCUT2D eigenvalue weighted by Crippen LogP contribution is 2.31. The number of aromatic nitrogens is 1. The number of aromatic carboxylic acids is 1. The number of rotatable bonds is 9. The summed E-state index contributed by atoms with van der Waals surface area (Å²) in [6.07, 6.45) is 6.32. The zero-order chi connectivity index (χ0) is 20.0. The second-order valence-corrected chi connectivity index (χ2v) is 6.30. The number of carbonyl (C=O) groups is 1. The molecule has 2 aromatic rings. The van der Waals surface area contributed by atoms with Gasteiger partial charge in [0.2, 0.25) is 5.43 Å². The molecule has 2 rings (SSSR count). The summed E-state index contributed by atoms with van der Waals surface area (Å²) in [5, 5.41) is 20.4. The number of hydrogen-bond acceptors (Lipinski definition) is 4. The molecule has 1 heterocycles. The van der Waals surface area contributed by atoms with Crippen molar-refractivity contribution in [3.05, 3.63) is 83.8 Å². The SMILES string of the molecule is C=CCC(O)(CC=C)C(C)n1cc(Oc2ccccc2)c(=O)c(C(=O)O)c1. The average molecular weight is 369 g/mol. The zero-order valence-corrected chi connectivity index (χ0v) is 15.2. The third-order valence-corrected chi connectivity index (χ3v) is 4.43. The Morgan fingerprint density at radius 3 is 2.33 bits per heavy atom. The number of pyridine rings is 1. The van der Waals surface area contributed by atoms with Crippen LogP contribution in [0.5, 0.6) is 11.5 Å². The first-order valence-electron chi connectivity index (χ1n) is 8.48. The highest BCUT2D eigenvalue weighted by molar-refractivity contribution is 5.87. The van der Waals surface area contributed by atoms with Gasteiger partial charge in [-0.3, -0.25) is 4.79 Å². The van der Waals surface area contributed by atoms with Crippen molar-refractivity contribution in [1.29, 1.82) is 0 Å². The topological polar surface area (TPSA) is 88.8 Å². The molecule has 2 N–H and O–H groups in total. The number of ether oxygens (including phenoxy) is 1. The van der Waals surface area contributed by atoms with Gasteiger partial charge in [-0.05, 0) is 31.9 Å². The molecule has 1 atom stereocenters. The van der Waals surface area contributed by atoms with Crippen molar-refractivity contribution >= 4 is 5.97 Å². The molecule has 142 valence electrons. The van der Waals surface area contributed by atoms with E-state index in [1.165, 1.54) is 17.0 Å². The molecule has 27 heavy (non-hydrogen) atoms. The molecule has 0 amide bonds. The van der Waals surface area contributed by atoms with Gasteiger partial charge >= 0.3 is 5.97 Å². The van der Waals surface area contributed by atoms with Gasteiger partial charge in [-0.1, -0.05) is 30.4 Å². The molecule has 6 nitrogen and oxygen atoms in total. The molecule has 1 unspecified atom stereocenters. The molecule has 0 saturated carbocycles. The Bertz CT molecular complexity index is 875. The predicted molar refractivity (Wildman–Crippen MR) is 103 cm³/mol. The molecular weight excluding hydrogens is 346 g/mol. The smallest absolute Gasteiger partial charge is 0.341 e. The summed E-state index contributed by atoms with van der Waals surface area (Å²) in [6, 6.07) is 8.03. The second-order valence-electron chi connectivity index (χ2n) is 6.30. The molecular formula is C21H23NO5. The summed E-state index contributed by atoms with van der Waals surface area (Å²) in [4.78, 5) is 24.0. The fraction of sp³-hybridized carbons (Fsp3) is 0.238. The quantitative estimate of drug-likeness (QED) is 0.657. The molecule has 6 heteroatoms. The molecule has 0 saturated heterocycles. The fourth-order valence-corrected chi connectivity index (χ4v) is 2.84. The maximum atomic E-state index is 12.5. The van der Waals surface area contributed by atoms with Gasteiger partial charge in [0.1, 0.15) is 11.3 Å². The summed E-state index contributed by atoms with van der Waals surface area (Å²) >= 11 is 0. The van der Waals surface area contributed by atoms with E-state index in [0.717, 1.165) is 0 Å². The van der Waals surface area contributed by atoms with Crippen LogP contribution in [0.15, 0.2) is 72.8 Å². The van der Waals surface area contributed by atoms with E-state index in [9.17, 15) is 19.8 Å². The van der Waals surface area contributed by atoms with Crippen molar-refractivity contribution in [2.75, 3.05) is 0 Å². The lowest BCUT2D eigenvalue weighted by atomic mass is 9.87. The van der Waals surface area contributed by atoms with Crippen LogP contribution in [0, 0.1) is 0 Å². The molecule has 0 aliphatic heterocycles. The molecule has 1 aromatic carbocycles. The lowest BCUT2D eigenvalue weighted by Gasteiger charge is -2.34.